The van der Waals surface area contributed by atoms with Crippen LogP contribution in [0.1, 0.15) is 21.5 Å². The third-order valence-corrected chi connectivity index (χ3v) is 5.67. The van der Waals surface area contributed by atoms with Crippen molar-refractivity contribution in [3.63, 3.8) is 0 Å². The van der Waals surface area contributed by atoms with Gasteiger partial charge in [-0.05, 0) is 26.0 Å². The van der Waals surface area contributed by atoms with Crippen molar-refractivity contribution >= 4 is 5.97 Å². The van der Waals surface area contributed by atoms with Crippen molar-refractivity contribution in [3.8, 4) is 0 Å². The second kappa shape index (κ2) is 5.52. The van der Waals surface area contributed by atoms with Crippen LogP contribution in [0.15, 0.2) is 42.5 Å². The Balaban J connectivity index is 2.28. The molecule has 0 atom stereocenters. The lowest BCUT2D eigenvalue weighted by Gasteiger charge is -2.00. The predicted molar refractivity (Wildman–Crippen MR) is 64.1 cm³/mol. The van der Waals surface area contributed by atoms with Gasteiger partial charge in [0.05, 0.1) is 5.97 Å². The minimum atomic E-state index is -1.11. The molecule has 3 heteroatoms. The zero-order valence-corrected chi connectivity index (χ0v) is 12.4. The highest BCUT2D eigenvalue weighted by Crippen LogP contribution is 2.02. The van der Waals surface area contributed by atoms with E-state index >= 15 is 0 Å². The topological polar surface area (TPSA) is 40.1 Å². The Hall–Kier alpha value is -1.36. The molecule has 0 N–H and O–H groups in total. The summed E-state index contributed by atoms with van der Waals surface area (Å²) in [6, 6.07) is 13.5. The first-order valence-electron chi connectivity index (χ1n) is 5.60. The largest absolute Gasteiger partial charge is 0.545 e. The van der Waals surface area contributed by atoms with E-state index in [-0.39, 0.29) is 26.8 Å². The van der Waals surface area contributed by atoms with Crippen molar-refractivity contribution in [1.29, 1.82) is 0 Å². The van der Waals surface area contributed by atoms with E-state index in [0.717, 1.165) is 3.57 Å². The van der Waals surface area contributed by atoms with Crippen LogP contribution in [0.3, 0.4) is 0 Å². The summed E-state index contributed by atoms with van der Waals surface area (Å²) >= 11 is -0.339. The lowest BCUT2D eigenvalue weighted by atomic mass is 10.2. The Morgan fingerprint density at radius 3 is 2.56 bits per heavy atom. The SMILES string of the molecule is Cc1ccc([I+]c2cccc(C(=O)[O-])c2)c(C)c1. The van der Waals surface area contributed by atoms with Crippen LogP contribution in [0.4, 0.5) is 0 Å². The van der Waals surface area contributed by atoms with Crippen LogP contribution in [0.25, 0.3) is 0 Å². The minimum absolute atomic E-state index is 0.261. The van der Waals surface area contributed by atoms with Crippen LogP contribution >= 0.6 is 0 Å². The molecule has 92 valence electrons. The third kappa shape index (κ3) is 3.10. The summed E-state index contributed by atoms with van der Waals surface area (Å²) in [5.74, 6) is -1.11. The highest BCUT2D eigenvalue weighted by atomic mass is 127. The zero-order chi connectivity index (χ0) is 13.1. The number of carboxylic acids is 1. The number of benzene rings is 2. The second-order valence-corrected chi connectivity index (χ2v) is 7.09. The van der Waals surface area contributed by atoms with Crippen LogP contribution in [0, 0.1) is 21.0 Å². The van der Waals surface area contributed by atoms with Gasteiger partial charge in [-0.25, -0.2) is 0 Å². The molecule has 0 bridgehead atoms. The summed E-state index contributed by atoms with van der Waals surface area (Å²) in [6.45, 7) is 4.18. The van der Waals surface area contributed by atoms with E-state index in [9.17, 15) is 9.90 Å². The summed E-state index contributed by atoms with van der Waals surface area (Å²) in [5.41, 5.74) is 2.79. The maximum absolute atomic E-state index is 10.8. The van der Waals surface area contributed by atoms with E-state index in [1.54, 1.807) is 18.2 Å². The molecular formula is C15H13IO2. The number of carbonyl (C=O) groups is 1. The first-order valence-corrected chi connectivity index (χ1v) is 7.75. The molecule has 0 unspecified atom stereocenters. The number of aromatic carboxylic acids is 1. The summed E-state index contributed by atoms with van der Waals surface area (Å²) in [7, 11) is 0. The van der Waals surface area contributed by atoms with Crippen molar-refractivity contribution in [3.05, 3.63) is 66.3 Å². The normalized spacial score (nSPS) is 10.3. The fourth-order valence-corrected chi connectivity index (χ4v) is 4.18. The van der Waals surface area contributed by atoms with Crippen molar-refractivity contribution in [2.45, 2.75) is 13.8 Å². The first-order chi connectivity index (χ1) is 8.56. The quantitative estimate of drug-likeness (QED) is 0.651. The molecule has 0 aliphatic rings. The van der Waals surface area contributed by atoms with E-state index in [0.29, 0.717) is 0 Å². The Morgan fingerprint density at radius 2 is 1.89 bits per heavy atom. The van der Waals surface area contributed by atoms with Gasteiger partial charge in [0.1, 0.15) is 0 Å². The van der Waals surface area contributed by atoms with E-state index in [1.807, 2.05) is 6.07 Å². The van der Waals surface area contributed by atoms with Crippen LogP contribution in [-0.2, 0) is 0 Å². The number of hydrogen-bond donors (Lipinski definition) is 0. The molecule has 0 heterocycles. The van der Waals surface area contributed by atoms with Crippen molar-refractivity contribution in [1.82, 2.24) is 0 Å². The number of carbonyl (C=O) groups excluding carboxylic acids is 1. The molecule has 0 aliphatic heterocycles. The van der Waals surface area contributed by atoms with E-state index in [2.05, 4.69) is 32.0 Å². The molecule has 0 spiro atoms. The second-order valence-electron chi connectivity index (χ2n) is 4.14. The molecule has 2 rings (SSSR count). The predicted octanol–water partition coefficient (Wildman–Crippen LogP) is -1.20. The average Bonchev–Trinajstić information content (AvgIpc) is 2.33. The van der Waals surface area contributed by atoms with Crippen LogP contribution in [0.5, 0.6) is 0 Å². The molecule has 0 fully saturated rings. The molecule has 18 heavy (non-hydrogen) atoms. The van der Waals surface area contributed by atoms with E-state index in [1.165, 1.54) is 14.7 Å². The number of carboxylic acid groups (broad SMARTS) is 1. The number of rotatable bonds is 3. The monoisotopic (exact) mass is 352 g/mol. The average molecular weight is 352 g/mol. The smallest absolute Gasteiger partial charge is 0.358 e. The standard InChI is InChI=1S/C15H13IO2/c1-10-6-7-14(11(2)8-10)16-13-5-3-4-12(9-13)15(17)18/h3-9H,1-2H3. The molecule has 0 aliphatic carbocycles. The van der Waals surface area contributed by atoms with Gasteiger partial charge in [0, 0.05) is 17.2 Å². The van der Waals surface area contributed by atoms with Gasteiger partial charge in [-0.15, -0.1) is 0 Å². The molecule has 2 nitrogen and oxygen atoms in total. The van der Waals surface area contributed by atoms with E-state index < -0.39 is 5.97 Å². The highest BCUT2D eigenvalue weighted by molar-refractivity contribution is 5.85. The van der Waals surface area contributed by atoms with Gasteiger partial charge in [-0.2, -0.15) is 0 Å². The molecule has 0 aromatic heterocycles. The summed E-state index contributed by atoms with van der Waals surface area (Å²) < 4.78 is 2.43. The summed E-state index contributed by atoms with van der Waals surface area (Å²) in [4.78, 5) is 10.8. The fraction of sp³-hybridized carbons (Fsp3) is 0.133. The molecule has 0 saturated carbocycles. The Morgan fingerprint density at radius 1 is 1.11 bits per heavy atom. The zero-order valence-electron chi connectivity index (χ0n) is 10.2. The molecular weight excluding hydrogens is 339 g/mol. The summed E-state index contributed by atoms with van der Waals surface area (Å²) in [6.07, 6.45) is 0. The fourth-order valence-electron chi connectivity index (χ4n) is 1.69. The van der Waals surface area contributed by atoms with Gasteiger partial charge in [-0.3, -0.25) is 0 Å². The summed E-state index contributed by atoms with van der Waals surface area (Å²) in [5, 5.41) is 10.8. The van der Waals surface area contributed by atoms with Crippen LogP contribution < -0.4 is 26.3 Å². The highest BCUT2D eigenvalue weighted by Gasteiger charge is 2.18. The van der Waals surface area contributed by atoms with Gasteiger partial charge < -0.3 is 9.90 Å². The van der Waals surface area contributed by atoms with Gasteiger partial charge in [0.2, 0.25) is 0 Å². The van der Waals surface area contributed by atoms with Gasteiger partial charge >= 0.3 is 21.2 Å². The first kappa shape index (κ1) is 13.1. The van der Waals surface area contributed by atoms with Crippen molar-refractivity contribution in [2.24, 2.45) is 0 Å². The van der Waals surface area contributed by atoms with Crippen LogP contribution in [0.2, 0.25) is 0 Å². The van der Waals surface area contributed by atoms with Crippen molar-refractivity contribution < 1.29 is 31.1 Å². The number of halogens is 1. The molecule has 0 radical (unpaired) electrons. The molecule has 0 amide bonds. The third-order valence-electron chi connectivity index (χ3n) is 2.58. The lowest BCUT2D eigenvalue weighted by Crippen LogP contribution is -3.61. The molecule has 0 saturated heterocycles. The Bertz CT molecular complexity index is 591. The molecule has 2 aromatic rings. The maximum atomic E-state index is 10.8. The van der Waals surface area contributed by atoms with E-state index in [4.69, 9.17) is 0 Å². The van der Waals surface area contributed by atoms with Crippen molar-refractivity contribution in [2.75, 3.05) is 0 Å². The van der Waals surface area contributed by atoms with Gasteiger partial charge in [-0.1, -0.05) is 29.8 Å². The number of hydrogen-bond acceptors (Lipinski definition) is 2. The minimum Gasteiger partial charge on any atom is -0.545 e. The number of aryl methyl sites for hydroxylation is 2. The maximum Gasteiger partial charge on any atom is 0.358 e. The lowest BCUT2D eigenvalue weighted by molar-refractivity contribution is -0.598. The van der Waals surface area contributed by atoms with Gasteiger partial charge in [0.15, 0.2) is 7.14 Å². The van der Waals surface area contributed by atoms with Gasteiger partial charge in [0.25, 0.3) is 0 Å². The Labute approximate surface area is 117 Å². The molecule has 2 aromatic carbocycles. The van der Waals surface area contributed by atoms with Crippen LogP contribution in [-0.4, -0.2) is 5.97 Å². The Kier molecular flexibility index (Phi) is 4.01.